The Morgan fingerprint density at radius 2 is 2.31 bits per heavy atom. The fourth-order valence-electron chi connectivity index (χ4n) is 1.67. The third-order valence-electron chi connectivity index (χ3n) is 2.28. The van der Waals surface area contributed by atoms with E-state index in [1.54, 1.807) is 7.11 Å². The van der Waals surface area contributed by atoms with E-state index in [1.807, 2.05) is 0 Å². The molecule has 2 atom stereocenters. The molecule has 0 aromatic heterocycles. The molecule has 1 fully saturated rings. The Balaban J connectivity index is 2.29. The van der Waals surface area contributed by atoms with E-state index in [9.17, 15) is 0 Å². The zero-order valence-electron chi connectivity index (χ0n) is 8.53. The summed E-state index contributed by atoms with van der Waals surface area (Å²) in [4.78, 5) is 2.34. The highest BCUT2D eigenvalue weighted by atomic mass is 16.5. The second-order valence-electron chi connectivity index (χ2n) is 3.56. The van der Waals surface area contributed by atoms with Crippen LogP contribution in [0.5, 0.6) is 0 Å². The van der Waals surface area contributed by atoms with Crippen molar-refractivity contribution in [2.24, 2.45) is 5.73 Å². The monoisotopic (exact) mass is 188 g/mol. The minimum absolute atomic E-state index is 0.195. The predicted octanol–water partition coefficient (Wildman–Crippen LogP) is -0.319. The molecule has 0 saturated carbocycles. The van der Waals surface area contributed by atoms with Gasteiger partial charge in [-0.05, 0) is 6.92 Å². The summed E-state index contributed by atoms with van der Waals surface area (Å²) in [5, 5.41) is 0. The van der Waals surface area contributed by atoms with E-state index in [4.69, 9.17) is 15.2 Å². The summed E-state index contributed by atoms with van der Waals surface area (Å²) < 4.78 is 10.7. The third-order valence-corrected chi connectivity index (χ3v) is 2.28. The van der Waals surface area contributed by atoms with Crippen LogP contribution >= 0.6 is 0 Å². The van der Waals surface area contributed by atoms with Gasteiger partial charge in [0.05, 0.1) is 18.8 Å². The van der Waals surface area contributed by atoms with E-state index in [-0.39, 0.29) is 6.10 Å². The molecule has 0 spiro atoms. The van der Waals surface area contributed by atoms with Crippen molar-refractivity contribution in [3.63, 3.8) is 0 Å². The molecule has 78 valence electrons. The number of morpholine rings is 1. The first kappa shape index (κ1) is 10.9. The normalized spacial score (nSPS) is 30.7. The van der Waals surface area contributed by atoms with E-state index < -0.39 is 0 Å². The van der Waals surface area contributed by atoms with Gasteiger partial charge in [-0.3, -0.25) is 4.90 Å². The molecule has 2 N–H and O–H groups in total. The van der Waals surface area contributed by atoms with Gasteiger partial charge in [-0.2, -0.15) is 0 Å². The first-order valence-electron chi connectivity index (χ1n) is 4.83. The lowest BCUT2D eigenvalue weighted by Gasteiger charge is -2.36. The van der Waals surface area contributed by atoms with Crippen LogP contribution < -0.4 is 5.73 Å². The second-order valence-corrected chi connectivity index (χ2v) is 3.56. The van der Waals surface area contributed by atoms with Crippen LogP contribution in [0.15, 0.2) is 0 Å². The minimum atomic E-state index is 0.195. The van der Waals surface area contributed by atoms with Crippen molar-refractivity contribution < 1.29 is 9.47 Å². The molecule has 0 aromatic rings. The number of nitrogens with zero attached hydrogens (tertiary/aromatic N) is 1. The van der Waals surface area contributed by atoms with Gasteiger partial charge in [0.1, 0.15) is 0 Å². The van der Waals surface area contributed by atoms with Gasteiger partial charge in [-0.25, -0.2) is 0 Å². The summed E-state index contributed by atoms with van der Waals surface area (Å²) in [6, 6.07) is 0. The molecule has 1 rings (SSSR count). The van der Waals surface area contributed by atoms with Crippen molar-refractivity contribution in [3.05, 3.63) is 0 Å². The number of hydrogen-bond acceptors (Lipinski definition) is 4. The van der Waals surface area contributed by atoms with Gasteiger partial charge in [0.15, 0.2) is 0 Å². The van der Waals surface area contributed by atoms with Crippen LogP contribution in [0.2, 0.25) is 0 Å². The molecule has 0 radical (unpaired) electrons. The molecule has 2 unspecified atom stereocenters. The Morgan fingerprint density at radius 1 is 1.54 bits per heavy atom. The van der Waals surface area contributed by atoms with Crippen molar-refractivity contribution in [1.82, 2.24) is 4.90 Å². The van der Waals surface area contributed by atoms with Crippen molar-refractivity contribution in [3.8, 4) is 0 Å². The quantitative estimate of drug-likeness (QED) is 0.657. The summed E-state index contributed by atoms with van der Waals surface area (Å²) in [7, 11) is 1.73. The SMILES string of the molecule is COCCN1CC(C)OC(CN)C1. The van der Waals surface area contributed by atoms with Crippen LogP contribution in [0.25, 0.3) is 0 Å². The molecule has 1 saturated heterocycles. The number of rotatable bonds is 4. The Bertz CT molecular complexity index is 144. The molecule has 0 amide bonds. The van der Waals surface area contributed by atoms with Crippen LogP contribution in [0, 0.1) is 0 Å². The van der Waals surface area contributed by atoms with Gasteiger partial charge in [0.25, 0.3) is 0 Å². The van der Waals surface area contributed by atoms with Gasteiger partial charge in [-0.1, -0.05) is 0 Å². The molecule has 1 aliphatic heterocycles. The molecule has 0 aromatic carbocycles. The molecule has 4 nitrogen and oxygen atoms in total. The molecule has 1 heterocycles. The minimum Gasteiger partial charge on any atom is -0.383 e. The van der Waals surface area contributed by atoms with Gasteiger partial charge < -0.3 is 15.2 Å². The summed E-state index contributed by atoms with van der Waals surface area (Å²) in [6.45, 7) is 6.37. The molecular weight excluding hydrogens is 168 g/mol. The molecule has 4 heteroatoms. The zero-order valence-corrected chi connectivity index (χ0v) is 8.53. The molecule has 1 aliphatic rings. The highest BCUT2D eigenvalue weighted by molar-refractivity contribution is 4.75. The average molecular weight is 188 g/mol. The maximum Gasteiger partial charge on any atom is 0.0828 e. The lowest BCUT2D eigenvalue weighted by Crippen LogP contribution is -2.50. The summed E-state index contributed by atoms with van der Waals surface area (Å²) >= 11 is 0. The van der Waals surface area contributed by atoms with Gasteiger partial charge in [0.2, 0.25) is 0 Å². The van der Waals surface area contributed by atoms with E-state index in [2.05, 4.69) is 11.8 Å². The smallest absolute Gasteiger partial charge is 0.0828 e. The fourth-order valence-corrected chi connectivity index (χ4v) is 1.67. The van der Waals surface area contributed by atoms with E-state index >= 15 is 0 Å². The van der Waals surface area contributed by atoms with Gasteiger partial charge in [0, 0.05) is 33.3 Å². The van der Waals surface area contributed by atoms with Crippen molar-refractivity contribution >= 4 is 0 Å². The van der Waals surface area contributed by atoms with Crippen LogP contribution in [0.4, 0.5) is 0 Å². The van der Waals surface area contributed by atoms with Crippen LogP contribution in [-0.2, 0) is 9.47 Å². The van der Waals surface area contributed by atoms with E-state index in [0.717, 1.165) is 26.2 Å². The fraction of sp³-hybridized carbons (Fsp3) is 1.00. The van der Waals surface area contributed by atoms with Crippen molar-refractivity contribution in [2.75, 3.05) is 39.9 Å². The molecule has 13 heavy (non-hydrogen) atoms. The van der Waals surface area contributed by atoms with Crippen molar-refractivity contribution in [1.29, 1.82) is 0 Å². The third kappa shape index (κ3) is 3.60. The van der Waals surface area contributed by atoms with E-state index in [1.165, 1.54) is 0 Å². The summed E-state index contributed by atoms with van der Waals surface area (Å²) in [6.07, 6.45) is 0.486. The predicted molar refractivity (Wildman–Crippen MR) is 51.7 cm³/mol. The highest BCUT2D eigenvalue weighted by Gasteiger charge is 2.23. The molecule has 0 aliphatic carbocycles. The highest BCUT2D eigenvalue weighted by Crippen LogP contribution is 2.09. The lowest BCUT2D eigenvalue weighted by molar-refractivity contribution is -0.0756. The standard InChI is InChI=1S/C9H20N2O2/c1-8-6-11(3-4-12-2)7-9(5-10)13-8/h8-9H,3-7,10H2,1-2H3. The Labute approximate surface area is 80.0 Å². The van der Waals surface area contributed by atoms with Crippen LogP contribution in [-0.4, -0.2) is 57.0 Å². The Kier molecular flexibility index (Phi) is 4.66. The van der Waals surface area contributed by atoms with Gasteiger partial charge >= 0.3 is 0 Å². The lowest BCUT2D eigenvalue weighted by atomic mass is 10.2. The number of ether oxygens (including phenoxy) is 2. The Hall–Kier alpha value is -0.160. The second kappa shape index (κ2) is 5.54. The first-order valence-corrected chi connectivity index (χ1v) is 4.83. The Morgan fingerprint density at radius 3 is 2.92 bits per heavy atom. The van der Waals surface area contributed by atoms with Crippen LogP contribution in [0.1, 0.15) is 6.92 Å². The molecular formula is C9H20N2O2. The maximum atomic E-state index is 5.64. The number of methoxy groups -OCH3 is 1. The molecule has 0 bridgehead atoms. The van der Waals surface area contributed by atoms with Crippen molar-refractivity contribution in [2.45, 2.75) is 19.1 Å². The first-order chi connectivity index (χ1) is 6.26. The summed E-state index contributed by atoms with van der Waals surface area (Å²) in [5.41, 5.74) is 5.57. The average Bonchev–Trinajstić information content (AvgIpc) is 2.14. The number of nitrogens with two attached hydrogens (primary N) is 1. The maximum absolute atomic E-state index is 5.64. The summed E-state index contributed by atoms with van der Waals surface area (Å²) in [5.74, 6) is 0. The topological polar surface area (TPSA) is 47.7 Å². The van der Waals surface area contributed by atoms with Crippen LogP contribution in [0.3, 0.4) is 0 Å². The van der Waals surface area contributed by atoms with Gasteiger partial charge in [-0.15, -0.1) is 0 Å². The largest absolute Gasteiger partial charge is 0.383 e. The zero-order chi connectivity index (χ0) is 9.68. The van der Waals surface area contributed by atoms with E-state index in [0.29, 0.717) is 12.6 Å². The number of hydrogen-bond donors (Lipinski definition) is 1.